The third-order valence-corrected chi connectivity index (χ3v) is 1.61. The molecule has 0 aromatic carbocycles. The fourth-order valence-electron chi connectivity index (χ4n) is 1.05. The summed E-state index contributed by atoms with van der Waals surface area (Å²) in [4.78, 5) is 4.15. The molecule has 2 N–H and O–H groups in total. The summed E-state index contributed by atoms with van der Waals surface area (Å²) in [7, 11) is 0. The SMILES string of the molecule is Nc1cn(Cc2ccccn2)nn1. The van der Waals surface area contributed by atoms with Crippen molar-refractivity contribution in [3.05, 3.63) is 36.3 Å². The predicted molar refractivity (Wildman–Crippen MR) is 47.8 cm³/mol. The van der Waals surface area contributed by atoms with Crippen LogP contribution in [0.15, 0.2) is 30.6 Å². The molecule has 0 spiro atoms. The van der Waals surface area contributed by atoms with Crippen molar-refractivity contribution in [2.75, 3.05) is 5.73 Å². The van der Waals surface area contributed by atoms with Crippen molar-refractivity contribution in [1.29, 1.82) is 0 Å². The van der Waals surface area contributed by atoms with Crippen molar-refractivity contribution in [2.24, 2.45) is 0 Å². The Morgan fingerprint density at radius 3 is 2.92 bits per heavy atom. The second-order valence-corrected chi connectivity index (χ2v) is 2.66. The number of hydrogen-bond donors (Lipinski definition) is 1. The minimum Gasteiger partial charge on any atom is -0.381 e. The van der Waals surface area contributed by atoms with Crippen LogP contribution in [-0.2, 0) is 6.54 Å². The normalized spacial score (nSPS) is 10.2. The van der Waals surface area contributed by atoms with Crippen LogP contribution in [0.25, 0.3) is 0 Å². The first-order valence-electron chi connectivity index (χ1n) is 3.90. The minimum absolute atomic E-state index is 0.427. The summed E-state index contributed by atoms with van der Waals surface area (Å²) in [6, 6.07) is 5.74. The average molecular weight is 175 g/mol. The fraction of sp³-hybridized carbons (Fsp3) is 0.125. The van der Waals surface area contributed by atoms with Crippen LogP contribution in [0.3, 0.4) is 0 Å². The van der Waals surface area contributed by atoms with Gasteiger partial charge in [-0.15, -0.1) is 5.10 Å². The van der Waals surface area contributed by atoms with Crippen LogP contribution in [0.1, 0.15) is 5.69 Å². The molecule has 2 rings (SSSR count). The van der Waals surface area contributed by atoms with Crippen molar-refractivity contribution < 1.29 is 0 Å². The molecule has 0 aliphatic carbocycles. The fourth-order valence-corrected chi connectivity index (χ4v) is 1.05. The third-order valence-electron chi connectivity index (χ3n) is 1.61. The lowest BCUT2D eigenvalue weighted by Gasteiger charge is -1.97. The molecule has 0 bridgehead atoms. The number of hydrogen-bond acceptors (Lipinski definition) is 4. The van der Waals surface area contributed by atoms with Gasteiger partial charge in [0.15, 0.2) is 5.82 Å². The van der Waals surface area contributed by atoms with Gasteiger partial charge in [-0.25, -0.2) is 4.68 Å². The van der Waals surface area contributed by atoms with E-state index in [-0.39, 0.29) is 0 Å². The lowest BCUT2D eigenvalue weighted by atomic mass is 10.3. The molecule has 0 amide bonds. The molecule has 2 aromatic rings. The van der Waals surface area contributed by atoms with E-state index >= 15 is 0 Å². The standard InChI is InChI=1S/C8H9N5/c9-8-6-13(12-11-8)5-7-3-1-2-4-10-7/h1-4,6H,5,9H2. The maximum atomic E-state index is 5.42. The summed E-state index contributed by atoms with van der Waals surface area (Å²) in [5, 5.41) is 7.49. The molecule has 0 unspecified atom stereocenters. The van der Waals surface area contributed by atoms with Gasteiger partial charge in [0, 0.05) is 6.20 Å². The highest BCUT2D eigenvalue weighted by Crippen LogP contribution is 1.98. The van der Waals surface area contributed by atoms with Crippen molar-refractivity contribution in [3.8, 4) is 0 Å². The Bertz CT molecular complexity index is 380. The predicted octanol–water partition coefficient (Wildman–Crippen LogP) is 0.304. The van der Waals surface area contributed by atoms with Crippen LogP contribution in [0.4, 0.5) is 5.82 Å². The second-order valence-electron chi connectivity index (χ2n) is 2.66. The topological polar surface area (TPSA) is 69.6 Å². The second kappa shape index (κ2) is 3.22. The van der Waals surface area contributed by atoms with E-state index in [0.717, 1.165) is 5.69 Å². The number of nitrogens with two attached hydrogens (primary N) is 1. The minimum atomic E-state index is 0.427. The number of aromatic nitrogens is 4. The third kappa shape index (κ3) is 1.81. The Kier molecular flexibility index (Phi) is 1.91. The first kappa shape index (κ1) is 7.72. The van der Waals surface area contributed by atoms with Crippen molar-refractivity contribution >= 4 is 5.82 Å². The molecule has 2 heterocycles. The van der Waals surface area contributed by atoms with Gasteiger partial charge < -0.3 is 5.73 Å². The van der Waals surface area contributed by atoms with Gasteiger partial charge in [0.1, 0.15) is 0 Å². The molecular weight excluding hydrogens is 166 g/mol. The molecule has 5 heteroatoms. The molecule has 0 aliphatic rings. The lowest BCUT2D eigenvalue weighted by Crippen LogP contribution is -2.01. The van der Waals surface area contributed by atoms with E-state index in [1.54, 1.807) is 17.1 Å². The van der Waals surface area contributed by atoms with E-state index < -0.39 is 0 Å². The molecule has 0 saturated carbocycles. The highest BCUT2D eigenvalue weighted by Gasteiger charge is 1.97. The number of pyridine rings is 1. The quantitative estimate of drug-likeness (QED) is 0.712. The smallest absolute Gasteiger partial charge is 0.165 e. The molecule has 2 aromatic heterocycles. The number of nitrogens with zero attached hydrogens (tertiary/aromatic N) is 4. The van der Waals surface area contributed by atoms with Crippen molar-refractivity contribution in [1.82, 2.24) is 20.0 Å². The molecule has 13 heavy (non-hydrogen) atoms. The summed E-state index contributed by atoms with van der Waals surface area (Å²) in [5.74, 6) is 0.427. The zero-order valence-corrected chi connectivity index (χ0v) is 6.96. The molecule has 0 aliphatic heterocycles. The van der Waals surface area contributed by atoms with Gasteiger partial charge in [0.2, 0.25) is 0 Å². The molecule has 5 nitrogen and oxygen atoms in total. The monoisotopic (exact) mass is 175 g/mol. The van der Waals surface area contributed by atoms with Gasteiger partial charge >= 0.3 is 0 Å². The van der Waals surface area contributed by atoms with Crippen LogP contribution >= 0.6 is 0 Å². The summed E-state index contributed by atoms with van der Waals surface area (Å²) in [6.07, 6.45) is 3.42. The van der Waals surface area contributed by atoms with Crippen LogP contribution in [0.5, 0.6) is 0 Å². The lowest BCUT2D eigenvalue weighted by molar-refractivity contribution is 0.639. The van der Waals surface area contributed by atoms with E-state index in [1.165, 1.54) is 0 Å². The summed E-state index contributed by atoms with van der Waals surface area (Å²) < 4.78 is 1.65. The Hall–Kier alpha value is -1.91. The number of anilines is 1. The average Bonchev–Trinajstić information content (AvgIpc) is 2.53. The molecule has 0 saturated heterocycles. The molecule has 0 radical (unpaired) electrons. The van der Waals surface area contributed by atoms with E-state index in [1.807, 2.05) is 18.2 Å². The van der Waals surface area contributed by atoms with Crippen LogP contribution in [-0.4, -0.2) is 20.0 Å². The van der Waals surface area contributed by atoms with Gasteiger partial charge in [-0.1, -0.05) is 11.3 Å². The van der Waals surface area contributed by atoms with E-state index in [2.05, 4.69) is 15.3 Å². The van der Waals surface area contributed by atoms with Gasteiger partial charge in [0.25, 0.3) is 0 Å². The molecule has 0 atom stereocenters. The van der Waals surface area contributed by atoms with Crippen molar-refractivity contribution in [3.63, 3.8) is 0 Å². The molecule has 0 fully saturated rings. The zero-order chi connectivity index (χ0) is 9.10. The van der Waals surface area contributed by atoms with Crippen LogP contribution < -0.4 is 5.73 Å². The summed E-state index contributed by atoms with van der Waals surface area (Å²) in [5.41, 5.74) is 6.35. The Labute approximate surface area is 75.2 Å². The summed E-state index contributed by atoms with van der Waals surface area (Å²) in [6.45, 7) is 0.602. The van der Waals surface area contributed by atoms with Crippen LogP contribution in [0, 0.1) is 0 Å². The molecular formula is C8H9N5. The zero-order valence-electron chi connectivity index (χ0n) is 6.96. The van der Waals surface area contributed by atoms with E-state index in [4.69, 9.17) is 5.73 Å². The van der Waals surface area contributed by atoms with Gasteiger partial charge in [0.05, 0.1) is 18.4 Å². The van der Waals surface area contributed by atoms with Crippen molar-refractivity contribution in [2.45, 2.75) is 6.54 Å². The Balaban J connectivity index is 2.15. The van der Waals surface area contributed by atoms with Crippen LogP contribution in [0.2, 0.25) is 0 Å². The van der Waals surface area contributed by atoms with Gasteiger partial charge in [-0.2, -0.15) is 0 Å². The van der Waals surface area contributed by atoms with Gasteiger partial charge in [-0.3, -0.25) is 4.98 Å². The van der Waals surface area contributed by atoms with E-state index in [0.29, 0.717) is 12.4 Å². The first-order valence-corrected chi connectivity index (χ1v) is 3.90. The number of rotatable bonds is 2. The molecule has 66 valence electrons. The largest absolute Gasteiger partial charge is 0.381 e. The summed E-state index contributed by atoms with van der Waals surface area (Å²) >= 11 is 0. The Morgan fingerprint density at radius 2 is 2.31 bits per heavy atom. The highest BCUT2D eigenvalue weighted by molar-refractivity contribution is 5.20. The maximum absolute atomic E-state index is 5.42. The first-order chi connectivity index (χ1) is 6.34. The number of nitrogen functional groups attached to an aromatic ring is 1. The van der Waals surface area contributed by atoms with E-state index in [9.17, 15) is 0 Å². The van der Waals surface area contributed by atoms with Gasteiger partial charge in [-0.05, 0) is 12.1 Å². The maximum Gasteiger partial charge on any atom is 0.165 e. The highest BCUT2D eigenvalue weighted by atomic mass is 15.4. The Morgan fingerprint density at radius 1 is 1.38 bits per heavy atom.